The topological polar surface area (TPSA) is 102 Å². The molecule has 1 fully saturated rings. The lowest BCUT2D eigenvalue weighted by molar-refractivity contribution is 0.00578. The fourth-order valence-corrected chi connectivity index (χ4v) is 4.20. The van der Waals surface area contributed by atoms with Gasteiger partial charge in [0.2, 0.25) is 0 Å². The van der Waals surface area contributed by atoms with Crippen LogP contribution in [0.4, 0.5) is 0 Å². The second-order valence-corrected chi connectivity index (χ2v) is 11.2. The van der Waals surface area contributed by atoms with Crippen molar-refractivity contribution in [3.8, 4) is 0 Å². The first-order valence-corrected chi connectivity index (χ1v) is 12.3. The molecule has 0 radical (unpaired) electrons. The van der Waals surface area contributed by atoms with Gasteiger partial charge in [-0.3, -0.25) is 4.79 Å². The monoisotopic (exact) mass is 459 g/mol. The summed E-state index contributed by atoms with van der Waals surface area (Å²) >= 11 is 0. The van der Waals surface area contributed by atoms with Gasteiger partial charge in [0, 0.05) is 5.56 Å². The number of sulfone groups is 1. The summed E-state index contributed by atoms with van der Waals surface area (Å²) in [5, 5.41) is 12.6. The second kappa shape index (κ2) is 8.98. The van der Waals surface area contributed by atoms with Gasteiger partial charge in [0.05, 0.1) is 34.5 Å². The van der Waals surface area contributed by atoms with E-state index < -0.39 is 34.2 Å². The Labute approximate surface area is 190 Å². The molecule has 1 aliphatic rings. The third-order valence-corrected chi connectivity index (χ3v) is 7.96. The maximum Gasteiger partial charge on any atom is 0.494 e. The summed E-state index contributed by atoms with van der Waals surface area (Å²) in [6.45, 7) is 9.18. The molecule has 1 heterocycles. The van der Waals surface area contributed by atoms with Crippen molar-refractivity contribution < 1.29 is 27.6 Å². The fourth-order valence-electron chi connectivity index (χ4n) is 3.32. The first-order valence-electron chi connectivity index (χ1n) is 10.6. The highest BCUT2D eigenvalue weighted by molar-refractivity contribution is 7.91. The zero-order valence-electron chi connectivity index (χ0n) is 19.1. The van der Waals surface area contributed by atoms with E-state index in [-0.39, 0.29) is 23.2 Å². The molecule has 1 aliphatic heterocycles. The molecular formula is C23H30BNO6S. The van der Waals surface area contributed by atoms with Crippen LogP contribution < -0.4 is 10.8 Å². The van der Waals surface area contributed by atoms with Crippen LogP contribution in [-0.4, -0.2) is 50.1 Å². The van der Waals surface area contributed by atoms with E-state index in [4.69, 9.17) is 9.31 Å². The van der Waals surface area contributed by atoms with Crippen molar-refractivity contribution in [2.75, 3.05) is 12.4 Å². The maximum absolute atomic E-state index is 12.7. The first-order chi connectivity index (χ1) is 14.9. The minimum absolute atomic E-state index is 0.00837. The van der Waals surface area contributed by atoms with Gasteiger partial charge in [-0.1, -0.05) is 31.2 Å². The number of benzene rings is 2. The zero-order valence-corrected chi connectivity index (χ0v) is 19.9. The van der Waals surface area contributed by atoms with E-state index >= 15 is 0 Å². The standard InChI is InChI=1S/C23H30BNO6S/c1-6-32(28,29)19-13-9-16(10-14-19)20(15-26)25-21(27)17-7-11-18(12-8-17)24-30-22(2,3)23(4,5)31-24/h7-14,20,26H,6,15H2,1-5H3,(H,25,27). The number of amides is 1. The van der Waals surface area contributed by atoms with Crippen molar-refractivity contribution >= 4 is 28.3 Å². The summed E-state index contributed by atoms with van der Waals surface area (Å²) in [5.74, 6) is -0.344. The number of aliphatic hydroxyl groups excluding tert-OH is 1. The summed E-state index contributed by atoms with van der Waals surface area (Å²) in [6.07, 6.45) is 0. The molecule has 7 nitrogen and oxygen atoms in total. The van der Waals surface area contributed by atoms with E-state index in [1.165, 1.54) is 12.1 Å². The third-order valence-electron chi connectivity index (χ3n) is 6.21. The van der Waals surface area contributed by atoms with Crippen molar-refractivity contribution in [1.29, 1.82) is 0 Å². The van der Waals surface area contributed by atoms with Gasteiger partial charge < -0.3 is 19.7 Å². The average molecular weight is 459 g/mol. The molecule has 0 aromatic heterocycles. The largest absolute Gasteiger partial charge is 0.494 e. The van der Waals surface area contributed by atoms with Crippen molar-refractivity contribution in [2.45, 2.75) is 56.8 Å². The Bertz CT molecular complexity index is 1050. The van der Waals surface area contributed by atoms with Crippen LogP contribution in [0, 0.1) is 0 Å². The van der Waals surface area contributed by atoms with Crippen LogP contribution in [0.15, 0.2) is 53.4 Å². The van der Waals surface area contributed by atoms with Gasteiger partial charge in [-0.25, -0.2) is 8.42 Å². The summed E-state index contributed by atoms with van der Waals surface area (Å²) < 4.78 is 36.0. The van der Waals surface area contributed by atoms with Crippen molar-refractivity contribution in [3.05, 3.63) is 59.7 Å². The van der Waals surface area contributed by atoms with Gasteiger partial charge in [-0.05, 0) is 63.0 Å². The van der Waals surface area contributed by atoms with Gasteiger partial charge in [-0.2, -0.15) is 0 Å². The zero-order chi connectivity index (χ0) is 23.7. The molecule has 0 aliphatic carbocycles. The molecule has 1 amide bonds. The molecule has 1 atom stereocenters. The molecule has 2 aromatic carbocycles. The Balaban J connectivity index is 1.70. The van der Waals surface area contributed by atoms with Gasteiger partial charge in [0.25, 0.3) is 5.91 Å². The summed E-state index contributed by atoms with van der Waals surface area (Å²) in [7, 11) is -3.82. The lowest BCUT2D eigenvalue weighted by Gasteiger charge is -2.32. The molecule has 32 heavy (non-hydrogen) atoms. The quantitative estimate of drug-likeness (QED) is 0.616. The van der Waals surface area contributed by atoms with Crippen molar-refractivity contribution in [1.82, 2.24) is 5.32 Å². The average Bonchev–Trinajstić information content (AvgIpc) is 2.99. The highest BCUT2D eigenvalue weighted by atomic mass is 32.2. The molecule has 1 unspecified atom stereocenters. The van der Waals surface area contributed by atoms with Crippen LogP contribution in [0.25, 0.3) is 0 Å². The van der Waals surface area contributed by atoms with Crippen molar-refractivity contribution in [3.63, 3.8) is 0 Å². The maximum atomic E-state index is 12.7. The van der Waals surface area contributed by atoms with E-state index in [1.807, 2.05) is 27.7 Å². The Morgan fingerprint density at radius 1 is 1.00 bits per heavy atom. The third kappa shape index (κ3) is 4.91. The molecule has 2 aromatic rings. The Morgan fingerprint density at radius 2 is 1.53 bits per heavy atom. The Kier molecular flexibility index (Phi) is 6.86. The number of carbonyl (C=O) groups is 1. The van der Waals surface area contributed by atoms with Gasteiger partial charge in [-0.15, -0.1) is 0 Å². The van der Waals surface area contributed by atoms with E-state index in [2.05, 4.69) is 5.32 Å². The normalized spacial score (nSPS) is 18.4. The van der Waals surface area contributed by atoms with E-state index in [9.17, 15) is 18.3 Å². The van der Waals surface area contributed by atoms with Crippen LogP contribution in [0.5, 0.6) is 0 Å². The number of hydrogen-bond donors (Lipinski definition) is 2. The molecule has 9 heteroatoms. The summed E-state index contributed by atoms with van der Waals surface area (Å²) in [6, 6.07) is 12.5. The van der Waals surface area contributed by atoms with Gasteiger partial charge in [0.1, 0.15) is 0 Å². The first kappa shape index (κ1) is 24.4. The smallest absolute Gasteiger partial charge is 0.399 e. The molecule has 0 bridgehead atoms. The van der Waals surface area contributed by atoms with E-state index in [1.54, 1.807) is 43.3 Å². The molecule has 0 spiro atoms. The Hall–Kier alpha value is -2.20. The van der Waals surface area contributed by atoms with Gasteiger partial charge >= 0.3 is 7.12 Å². The fraction of sp³-hybridized carbons (Fsp3) is 0.435. The molecule has 3 rings (SSSR count). The van der Waals surface area contributed by atoms with Gasteiger partial charge in [0.15, 0.2) is 9.84 Å². The lowest BCUT2D eigenvalue weighted by Crippen LogP contribution is -2.41. The van der Waals surface area contributed by atoms with E-state index in [0.29, 0.717) is 11.1 Å². The molecular weight excluding hydrogens is 429 g/mol. The highest BCUT2D eigenvalue weighted by Gasteiger charge is 2.51. The van der Waals surface area contributed by atoms with Crippen molar-refractivity contribution in [2.24, 2.45) is 0 Å². The number of aliphatic hydroxyl groups is 1. The number of nitrogens with one attached hydrogen (secondary N) is 1. The van der Waals surface area contributed by atoms with Crippen LogP contribution >= 0.6 is 0 Å². The molecule has 172 valence electrons. The second-order valence-electron chi connectivity index (χ2n) is 8.89. The molecule has 2 N–H and O–H groups in total. The predicted octanol–water partition coefficient (Wildman–Crippen LogP) is 2.24. The van der Waals surface area contributed by atoms with Crippen LogP contribution in [-0.2, 0) is 19.1 Å². The Morgan fingerprint density at radius 3 is 2.00 bits per heavy atom. The minimum Gasteiger partial charge on any atom is -0.399 e. The lowest BCUT2D eigenvalue weighted by atomic mass is 9.79. The summed E-state index contributed by atoms with van der Waals surface area (Å²) in [4.78, 5) is 12.9. The predicted molar refractivity (Wildman–Crippen MR) is 124 cm³/mol. The summed E-state index contributed by atoms with van der Waals surface area (Å²) in [5.41, 5.74) is 0.951. The van der Waals surface area contributed by atoms with Crippen LogP contribution in [0.2, 0.25) is 0 Å². The van der Waals surface area contributed by atoms with Crippen LogP contribution in [0.1, 0.15) is 56.6 Å². The number of carbonyl (C=O) groups excluding carboxylic acids is 1. The number of rotatable bonds is 7. The molecule has 1 saturated heterocycles. The van der Waals surface area contributed by atoms with Crippen LogP contribution in [0.3, 0.4) is 0 Å². The van der Waals surface area contributed by atoms with E-state index in [0.717, 1.165) is 5.46 Å². The number of hydrogen-bond acceptors (Lipinski definition) is 6. The highest BCUT2D eigenvalue weighted by Crippen LogP contribution is 2.36. The minimum atomic E-state index is -3.31. The molecule has 0 saturated carbocycles. The SMILES string of the molecule is CCS(=O)(=O)c1ccc(C(CO)NC(=O)c2ccc(B3OC(C)(C)C(C)(C)O3)cc2)cc1.